The predicted molar refractivity (Wildman–Crippen MR) is 90.1 cm³/mol. The first kappa shape index (κ1) is 16.1. The molecule has 0 bridgehead atoms. The van der Waals surface area contributed by atoms with Gasteiger partial charge in [-0.25, -0.2) is 4.98 Å². The number of pyridine rings is 2. The Labute approximate surface area is 140 Å². The molecule has 4 nitrogen and oxygen atoms in total. The third-order valence-corrected chi connectivity index (χ3v) is 3.92. The summed E-state index contributed by atoms with van der Waals surface area (Å²) in [5, 5.41) is 2.85. The zero-order valence-corrected chi connectivity index (χ0v) is 14.8. The lowest BCUT2D eigenvalue weighted by atomic mass is 9.88. The van der Waals surface area contributed by atoms with Crippen LogP contribution in [0.5, 0.6) is 0 Å². The lowest BCUT2D eigenvalue weighted by molar-refractivity contribution is -0.118. The highest BCUT2D eigenvalue weighted by Crippen LogP contribution is 2.27. The minimum atomic E-state index is -0.277. The Kier molecular flexibility index (Phi) is 5.47. The molecule has 0 aliphatic rings. The number of hydrogen-bond acceptors (Lipinski definition) is 3. The fourth-order valence-corrected chi connectivity index (χ4v) is 2.71. The summed E-state index contributed by atoms with van der Waals surface area (Å²) in [5.74, 6) is 0.327. The summed E-state index contributed by atoms with van der Waals surface area (Å²) in [6.07, 6.45) is 5.08. The van der Waals surface area contributed by atoms with Gasteiger partial charge in [0.15, 0.2) is 0 Å². The molecule has 0 aromatic carbocycles. The van der Waals surface area contributed by atoms with Gasteiger partial charge in [0.2, 0.25) is 5.91 Å². The van der Waals surface area contributed by atoms with E-state index in [0.717, 1.165) is 14.5 Å². The van der Waals surface area contributed by atoms with Crippen LogP contribution in [0, 0.1) is 5.92 Å². The number of hydrogen-bond donors (Lipinski definition) is 1. The minimum Gasteiger partial charge on any atom is -0.310 e. The third kappa shape index (κ3) is 4.35. The van der Waals surface area contributed by atoms with E-state index < -0.39 is 0 Å². The molecule has 0 saturated heterocycles. The van der Waals surface area contributed by atoms with Crippen LogP contribution in [0.3, 0.4) is 0 Å². The molecule has 21 heavy (non-hydrogen) atoms. The number of anilines is 1. The van der Waals surface area contributed by atoms with E-state index >= 15 is 0 Å². The standard InChI is InChI=1S/C15H15Br2N3O/c1-9(2)14(10-5-12(17)7-18-6-10)15(21)20-13-4-3-11(16)8-19-13/h3-9,14H,1-2H3,(H,19,20,21). The summed E-state index contributed by atoms with van der Waals surface area (Å²) < 4.78 is 1.73. The Balaban J connectivity index is 2.22. The summed E-state index contributed by atoms with van der Waals surface area (Å²) in [5.41, 5.74) is 0.883. The second kappa shape index (κ2) is 7.13. The molecule has 2 rings (SSSR count). The number of aromatic nitrogens is 2. The van der Waals surface area contributed by atoms with Gasteiger partial charge in [-0.05, 0) is 61.5 Å². The molecule has 110 valence electrons. The quantitative estimate of drug-likeness (QED) is 0.810. The second-order valence-electron chi connectivity index (χ2n) is 5.01. The topological polar surface area (TPSA) is 54.9 Å². The van der Waals surface area contributed by atoms with Gasteiger partial charge >= 0.3 is 0 Å². The molecule has 1 amide bonds. The molecule has 0 radical (unpaired) electrons. The van der Waals surface area contributed by atoms with Crippen molar-refractivity contribution in [3.8, 4) is 0 Å². The Bertz CT molecular complexity index is 629. The van der Waals surface area contributed by atoms with Crippen molar-refractivity contribution in [3.63, 3.8) is 0 Å². The van der Waals surface area contributed by atoms with E-state index in [1.165, 1.54) is 0 Å². The molecule has 1 atom stereocenters. The summed E-state index contributed by atoms with van der Waals surface area (Å²) in [6.45, 7) is 4.03. The van der Waals surface area contributed by atoms with Crippen LogP contribution >= 0.6 is 31.9 Å². The highest BCUT2D eigenvalue weighted by Gasteiger charge is 2.25. The van der Waals surface area contributed by atoms with Crippen LogP contribution in [-0.4, -0.2) is 15.9 Å². The van der Waals surface area contributed by atoms with E-state index in [1.54, 1.807) is 24.7 Å². The van der Waals surface area contributed by atoms with Gasteiger partial charge < -0.3 is 5.32 Å². The van der Waals surface area contributed by atoms with Gasteiger partial charge in [-0.2, -0.15) is 0 Å². The lowest BCUT2D eigenvalue weighted by Gasteiger charge is -2.20. The van der Waals surface area contributed by atoms with Gasteiger partial charge in [-0.15, -0.1) is 0 Å². The van der Waals surface area contributed by atoms with Crippen LogP contribution in [0.25, 0.3) is 0 Å². The van der Waals surface area contributed by atoms with Crippen molar-refractivity contribution in [2.45, 2.75) is 19.8 Å². The number of carbonyl (C=O) groups excluding carboxylic acids is 1. The van der Waals surface area contributed by atoms with Crippen LogP contribution in [0.2, 0.25) is 0 Å². The predicted octanol–water partition coefficient (Wildman–Crippen LogP) is 4.38. The van der Waals surface area contributed by atoms with Gasteiger partial charge in [0, 0.05) is 27.5 Å². The smallest absolute Gasteiger partial charge is 0.233 e. The Morgan fingerprint density at radius 2 is 1.90 bits per heavy atom. The van der Waals surface area contributed by atoms with Crippen LogP contribution < -0.4 is 5.32 Å². The highest BCUT2D eigenvalue weighted by molar-refractivity contribution is 9.10. The van der Waals surface area contributed by atoms with Crippen LogP contribution in [0.4, 0.5) is 5.82 Å². The van der Waals surface area contributed by atoms with Gasteiger partial charge in [0.05, 0.1) is 5.92 Å². The second-order valence-corrected chi connectivity index (χ2v) is 6.84. The summed E-state index contributed by atoms with van der Waals surface area (Å²) in [6, 6.07) is 5.53. The largest absolute Gasteiger partial charge is 0.310 e. The third-order valence-electron chi connectivity index (χ3n) is 3.01. The molecular formula is C15H15Br2N3O. The zero-order chi connectivity index (χ0) is 15.4. The van der Waals surface area contributed by atoms with Crippen molar-refractivity contribution in [3.05, 3.63) is 51.3 Å². The number of amides is 1. The van der Waals surface area contributed by atoms with Crippen molar-refractivity contribution >= 4 is 43.6 Å². The van der Waals surface area contributed by atoms with E-state index in [2.05, 4.69) is 47.1 Å². The van der Waals surface area contributed by atoms with Crippen molar-refractivity contribution in [1.29, 1.82) is 0 Å². The monoisotopic (exact) mass is 411 g/mol. The zero-order valence-electron chi connectivity index (χ0n) is 11.7. The summed E-state index contributed by atoms with van der Waals surface area (Å²) >= 11 is 6.71. The number of halogens is 2. The van der Waals surface area contributed by atoms with Crippen molar-refractivity contribution < 1.29 is 4.79 Å². The molecule has 0 aliphatic carbocycles. The van der Waals surface area contributed by atoms with Crippen molar-refractivity contribution in [2.24, 2.45) is 5.92 Å². The van der Waals surface area contributed by atoms with E-state index in [1.807, 2.05) is 26.0 Å². The van der Waals surface area contributed by atoms with E-state index in [9.17, 15) is 4.79 Å². The SMILES string of the molecule is CC(C)C(C(=O)Nc1ccc(Br)cn1)c1cncc(Br)c1. The number of rotatable bonds is 4. The van der Waals surface area contributed by atoms with Gasteiger partial charge in [-0.1, -0.05) is 13.8 Å². The van der Waals surface area contributed by atoms with E-state index in [4.69, 9.17) is 0 Å². The maximum Gasteiger partial charge on any atom is 0.233 e. The van der Waals surface area contributed by atoms with Crippen molar-refractivity contribution in [2.75, 3.05) is 5.32 Å². The van der Waals surface area contributed by atoms with Crippen LogP contribution in [0.15, 0.2) is 45.7 Å². The normalized spacial score (nSPS) is 12.2. The van der Waals surface area contributed by atoms with Gasteiger partial charge in [0.25, 0.3) is 0 Å². The minimum absolute atomic E-state index is 0.0836. The van der Waals surface area contributed by atoms with Crippen LogP contribution in [0.1, 0.15) is 25.3 Å². The van der Waals surface area contributed by atoms with Gasteiger partial charge in [0.1, 0.15) is 5.82 Å². The average molecular weight is 413 g/mol. The first-order valence-electron chi connectivity index (χ1n) is 6.50. The molecule has 2 aromatic rings. The van der Waals surface area contributed by atoms with Crippen LogP contribution in [-0.2, 0) is 4.79 Å². The van der Waals surface area contributed by atoms with Crippen molar-refractivity contribution in [1.82, 2.24) is 9.97 Å². The lowest BCUT2D eigenvalue weighted by Crippen LogP contribution is -2.25. The maximum absolute atomic E-state index is 12.5. The molecule has 6 heteroatoms. The molecule has 2 aromatic heterocycles. The van der Waals surface area contributed by atoms with E-state index in [0.29, 0.717) is 5.82 Å². The number of nitrogens with zero attached hydrogens (tertiary/aromatic N) is 2. The molecule has 1 unspecified atom stereocenters. The first-order valence-corrected chi connectivity index (χ1v) is 8.09. The average Bonchev–Trinajstić information content (AvgIpc) is 2.41. The summed E-state index contributed by atoms with van der Waals surface area (Å²) in [4.78, 5) is 20.9. The summed E-state index contributed by atoms with van der Waals surface area (Å²) in [7, 11) is 0. The maximum atomic E-state index is 12.5. The molecule has 1 N–H and O–H groups in total. The molecule has 2 heterocycles. The number of nitrogens with one attached hydrogen (secondary N) is 1. The molecule has 0 fully saturated rings. The number of carbonyl (C=O) groups is 1. The Morgan fingerprint density at radius 1 is 1.14 bits per heavy atom. The fourth-order valence-electron chi connectivity index (χ4n) is 2.09. The highest BCUT2D eigenvalue weighted by atomic mass is 79.9. The molecular weight excluding hydrogens is 398 g/mol. The molecule has 0 saturated carbocycles. The van der Waals surface area contributed by atoms with Gasteiger partial charge in [-0.3, -0.25) is 9.78 Å². The Hall–Kier alpha value is -1.27. The van der Waals surface area contributed by atoms with E-state index in [-0.39, 0.29) is 17.7 Å². The molecule has 0 aliphatic heterocycles. The first-order chi connectivity index (χ1) is 9.97. The molecule has 0 spiro atoms. The fraction of sp³-hybridized carbons (Fsp3) is 0.267. The Morgan fingerprint density at radius 3 is 2.48 bits per heavy atom.